The number of sulfone groups is 1. The third-order valence-corrected chi connectivity index (χ3v) is 2.93. The van der Waals surface area contributed by atoms with E-state index in [9.17, 15) is 8.42 Å². The highest BCUT2D eigenvalue weighted by atomic mass is 32.2. The van der Waals surface area contributed by atoms with Gasteiger partial charge in [0, 0.05) is 29.1 Å². The molecule has 1 heterocycles. The maximum absolute atomic E-state index is 12.7. The zero-order chi connectivity index (χ0) is 28.0. The largest absolute Gasteiger partial charge is 0.303 e. The normalized spacial score (nSPS) is 48.9. The Morgan fingerprint density at radius 3 is 3.21 bits per heavy atom. The summed E-state index contributed by atoms with van der Waals surface area (Å²) in [5.74, 6) is -3.78. The van der Waals surface area contributed by atoms with Crippen LogP contribution < -0.4 is 0 Å². The summed E-state index contributed by atoms with van der Waals surface area (Å²) in [5, 5.41) is 0. The molecule has 19 heavy (non-hydrogen) atoms. The first-order chi connectivity index (χ1) is 15.3. The van der Waals surface area contributed by atoms with Crippen LogP contribution in [0.25, 0.3) is 0 Å². The number of benzene rings is 1. The minimum absolute atomic E-state index is 0.0102. The van der Waals surface area contributed by atoms with E-state index in [4.69, 9.17) is 21.9 Å². The van der Waals surface area contributed by atoms with Crippen molar-refractivity contribution in [1.29, 1.82) is 0 Å². The van der Waals surface area contributed by atoms with Crippen LogP contribution in [0.3, 0.4) is 0 Å². The lowest BCUT2D eigenvalue weighted by molar-refractivity contribution is 0.208. The molecule has 0 spiro atoms. The molecule has 1 aliphatic rings. The van der Waals surface area contributed by atoms with Gasteiger partial charge in [-0.05, 0) is 55.8 Å². The zero-order valence-electron chi connectivity index (χ0n) is 26.1. The van der Waals surface area contributed by atoms with Gasteiger partial charge in [0.25, 0.3) is 0 Å². The van der Waals surface area contributed by atoms with Crippen molar-refractivity contribution in [2.75, 3.05) is 25.7 Å². The van der Waals surface area contributed by atoms with Gasteiger partial charge in [-0.3, -0.25) is 0 Å². The fourth-order valence-electron chi connectivity index (χ4n) is 1.39. The van der Waals surface area contributed by atoms with Crippen molar-refractivity contribution >= 4 is 9.84 Å². The van der Waals surface area contributed by atoms with E-state index in [1.807, 2.05) is 0 Å². The number of nitrogens with zero attached hydrogens (tertiary/aromatic N) is 1. The van der Waals surface area contributed by atoms with E-state index < -0.39 is 88.8 Å². The van der Waals surface area contributed by atoms with Crippen molar-refractivity contribution < 1.29 is 30.3 Å². The van der Waals surface area contributed by atoms with Gasteiger partial charge in [-0.2, -0.15) is 0 Å². The van der Waals surface area contributed by atoms with Gasteiger partial charge >= 0.3 is 0 Å². The molecule has 1 atom stereocenters. The summed E-state index contributed by atoms with van der Waals surface area (Å²) in [6.45, 7) is -6.05. The Morgan fingerprint density at radius 2 is 2.47 bits per heavy atom. The van der Waals surface area contributed by atoms with E-state index in [2.05, 4.69) is 0 Å². The smallest absolute Gasteiger partial charge is 0.175 e. The molecular weight excluding hydrogens is 258 g/mol. The third-order valence-electron chi connectivity index (χ3n) is 2.19. The summed E-state index contributed by atoms with van der Waals surface area (Å²) >= 11 is 0. The molecule has 1 saturated heterocycles. The molecule has 0 aromatic heterocycles. The standard InChI is InChI=1S/C15H23NO2S/c1-3-9-16-10-5-7-14(12-16)13-6-4-8-15(11-13)19(2,17)18/h4,6,8,11,14H,3,5,7,9-10,12H2,1-2H3/i2D3,4D,5D2,6D,7D2,8D,10D2,11D,12D2,14D. The topological polar surface area (TPSA) is 37.4 Å². The van der Waals surface area contributed by atoms with Crippen LogP contribution in [0.2, 0.25) is 0 Å². The van der Waals surface area contributed by atoms with Gasteiger partial charge in [0.2, 0.25) is 0 Å². The molecule has 0 bridgehead atoms. The van der Waals surface area contributed by atoms with Crippen molar-refractivity contribution in [3.05, 3.63) is 29.7 Å². The van der Waals surface area contributed by atoms with Crippen LogP contribution >= 0.6 is 0 Å². The molecule has 1 aromatic rings. The van der Waals surface area contributed by atoms with Crippen LogP contribution in [-0.2, 0) is 9.84 Å². The van der Waals surface area contributed by atoms with Crippen molar-refractivity contribution in [3.8, 4) is 0 Å². The van der Waals surface area contributed by atoms with Crippen molar-refractivity contribution in [2.45, 2.75) is 36.9 Å². The lowest BCUT2D eigenvalue weighted by atomic mass is 9.90. The Bertz CT molecular complexity index is 1140. The van der Waals surface area contributed by atoms with Crippen LogP contribution in [0.15, 0.2) is 29.1 Å². The summed E-state index contributed by atoms with van der Waals surface area (Å²) in [7, 11) is -5.60. The highest BCUT2D eigenvalue weighted by Crippen LogP contribution is 2.28. The summed E-state index contributed by atoms with van der Waals surface area (Å²) in [6, 6.07) is -5.75. The highest BCUT2D eigenvalue weighted by Gasteiger charge is 2.21. The first kappa shape index (κ1) is 4.31. The minimum atomic E-state index is -5.60. The van der Waals surface area contributed by atoms with E-state index in [-0.39, 0.29) is 11.3 Å². The Balaban J connectivity index is 3.22. The van der Waals surface area contributed by atoms with Crippen LogP contribution in [-0.4, -0.2) is 39.0 Å². The van der Waals surface area contributed by atoms with E-state index in [0.717, 1.165) is 0 Å². The average Bonchev–Trinajstić information content (AvgIpc) is 2.67. The van der Waals surface area contributed by atoms with Gasteiger partial charge in [-0.1, -0.05) is 19.0 Å². The second-order valence-electron chi connectivity index (χ2n) is 3.71. The summed E-state index contributed by atoms with van der Waals surface area (Å²) in [5.41, 5.74) is -1.49. The summed E-state index contributed by atoms with van der Waals surface area (Å²) < 4.78 is 155. The van der Waals surface area contributed by atoms with Crippen LogP contribution in [0.4, 0.5) is 0 Å². The maximum atomic E-state index is 12.7. The van der Waals surface area contributed by atoms with Gasteiger partial charge in [0.15, 0.2) is 9.84 Å². The molecule has 1 aromatic carbocycles. The van der Waals surface area contributed by atoms with Crippen molar-refractivity contribution in [1.82, 2.24) is 4.90 Å². The number of hydrogen-bond acceptors (Lipinski definition) is 3. The molecule has 1 fully saturated rings. The van der Waals surface area contributed by atoms with Gasteiger partial charge in [0.1, 0.15) is 0 Å². The third kappa shape index (κ3) is 3.80. The predicted octanol–water partition coefficient (Wildman–Crippen LogP) is 2.68. The molecular formula is C15H23NO2S. The first-order valence-electron chi connectivity index (χ1n) is 13.5. The van der Waals surface area contributed by atoms with E-state index in [0.29, 0.717) is 0 Å². The lowest BCUT2D eigenvalue weighted by Gasteiger charge is -2.32. The molecule has 0 N–H and O–H groups in total. The van der Waals surface area contributed by atoms with Crippen LogP contribution in [0.1, 0.15) is 59.5 Å². The lowest BCUT2D eigenvalue weighted by Crippen LogP contribution is -2.34. The van der Waals surface area contributed by atoms with Gasteiger partial charge in [-0.15, -0.1) is 0 Å². The Labute approximate surface area is 139 Å². The van der Waals surface area contributed by atoms with Crippen molar-refractivity contribution in [3.63, 3.8) is 0 Å². The zero-order valence-corrected chi connectivity index (χ0v) is 10.9. The summed E-state index contributed by atoms with van der Waals surface area (Å²) in [6.07, 6.45) is -11.5. The fraction of sp³-hybridized carbons (Fsp3) is 0.600. The Morgan fingerprint density at radius 1 is 1.63 bits per heavy atom. The molecule has 4 heteroatoms. The molecule has 2 rings (SSSR count). The molecule has 3 nitrogen and oxygen atoms in total. The molecule has 0 saturated carbocycles. The average molecular weight is 298 g/mol. The van der Waals surface area contributed by atoms with Gasteiger partial charge in [-0.25, -0.2) is 8.42 Å². The van der Waals surface area contributed by atoms with Crippen LogP contribution in [0, 0.1) is 0 Å². The molecule has 106 valence electrons. The second-order valence-corrected chi connectivity index (χ2v) is 5.12. The SMILES string of the molecule is [2H]c1c([2H])c(C2([2H])C([2H])([2H])N(CCC)C([2H])([2H])C([2H])([2H])C2([2H])[2H])c([2H])c(S(=O)(=O)C([2H])([2H])[2H])c1[2H]. The Hall–Kier alpha value is -0.870. The van der Waals surface area contributed by atoms with Crippen molar-refractivity contribution in [2.24, 2.45) is 0 Å². The van der Waals surface area contributed by atoms with E-state index >= 15 is 0 Å². The number of hydrogen-bond donors (Lipinski definition) is 0. The summed E-state index contributed by atoms with van der Waals surface area (Å²) in [4.78, 5) is -1.47. The second kappa shape index (κ2) is 6.06. The maximum Gasteiger partial charge on any atom is 0.175 e. The van der Waals surface area contributed by atoms with Crippen LogP contribution in [0.5, 0.6) is 0 Å². The minimum Gasteiger partial charge on any atom is -0.303 e. The number of rotatable bonds is 4. The number of likely N-dealkylation sites (tertiary alicyclic amines) is 1. The molecule has 0 aliphatic carbocycles. The van der Waals surface area contributed by atoms with Gasteiger partial charge < -0.3 is 4.90 Å². The Kier molecular flexibility index (Phi) is 1.37. The monoisotopic (exact) mass is 297 g/mol. The van der Waals surface area contributed by atoms with Gasteiger partial charge in [0.05, 0.1) is 10.4 Å². The number of piperidine rings is 1. The van der Waals surface area contributed by atoms with E-state index in [1.54, 1.807) is 0 Å². The molecule has 0 radical (unpaired) electrons. The highest BCUT2D eigenvalue weighted by molar-refractivity contribution is 7.90. The molecule has 1 aliphatic heterocycles. The predicted molar refractivity (Wildman–Crippen MR) is 78.3 cm³/mol. The fourth-order valence-corrected chi connectivity index (χ4v) is 1.81. The van der Waals surface area contributed by atoms with E-state index in [1.165, 1.54) is 6.92 Å². The molecule has 0 amide bonds. The molecule has 1 unspecified atom stereocenters. The first-order valence-corrected chi connectivity index (χ1v) is 6.95. The quantitative estimate of drug-likeness (QED) is 0.857.